The Morgan fingerprint density at radius 2 is 1.63 bits per heavy atom. The summed E-state index contributed by atoms with van der Waals surface area (Å²) in [5, 5.41) is 0. The van der Waals surface area contributed by atoms with Crippen molar-refractivity contribution in [3.05, 3.63) is 33.9 Å². The van der Waals surface area contributed by atoms with Gasteiger partial charge in [0.05, 0.1) is 7.11 Å². The molecule has 0 radical (unpaired) electrons. The highest BCUT2D eigenvalue weighted by Gasteiger charge is 2.26. The monoisotopic (exact) mass is 376 g/mol. The minimum atomic E-state index is -0.913. The second-order valence-electron chi connectivity index (χ2n) is 4.70. The Bertz CT molecular complexity index is 486. The average molecular weight is 376 g/mol. The Labute approximate surface area is 122 Å². The van der Waals surface area contributed by atoms with E-state index in [1.165, 1.54) is 7.11 Å². The second-order valence-corrected chi connectivity index (χ2v) is 7.56. The average Bonchev–Trinajstić information content (AvgIpc) is 2.34. The maximum Gasteiger partial charge on any atom is 0.351 e. The van der Waals surface area contributed by atoms with Gasteiger partial charge in [-0.1, -0.05) is 38.9 Å². The third kappa shape index (κ3) is 5.50. The van der Waals surface area contributed by atoms with E-state index in [1.54, 1.807) is 20.8 Å². The number of rotatable bonds is 3. The van der Waals surface area contributed by atoms with Crippen LogP contribution in [0.1, 0.15) is 20.8 Å². The molecular weight excluding hydrogens is 359 g/mol. The number of hydrogen-bond acceptors (Lipinski definition) is 4. The summed E-state index contributed by atoms with van der Waals surface area (Å²) in [5.74, 6) is -1.19. The number of carbonyl (C=O) groups excluding carboxylic acids is 2. The van der Waals surface area contributed by atoms with Crippen LogP contribution in [0.2, 0.25) is 0 Å². The number of esters is 2. The number of ether oxygens (including phenoxy) is 2. The molecule has 1 rings (SSSR count). The molecule has 104 valence electrons. The molecule has 0 saturated heterocycles. The van der Waals surface area contributed by atoms with Crippen LogP contribution in [0, 0.1) is 3.57 Å². The number of methoxy groups -OCH3 is 1. The van der Waals surface area contributed by atoms with Gasteiger partial charge in [-0.3, -0.25) is 0 Å². The van der Waals surface area contributed by atoms with Crippen molar-refractivity contribution >= 4 is 36.2 Å². The lowest BCUT2D eigenvalue weighted by molar-refractivity contribution is -0.147. The van der Waals surface area contributed by atoms with Crippen molar-refractivity contribution < 1.29 is 19.1 Å². The molecule has 0 bridgehead atoms. The molecule has 5 heteroatoms. The molecule has 0 unspecified atom stereocenters. The van der Waals surface area contributed by atoms with Crippen molar-refractivity contribution in [2.24, 2.45) is 0 Å². The highest BCUT2D eigenvalue weighted by atomic mass is 127. The van der Waals surface area contributed by atoms with E-state index in [0.717, 1.165) is 3.57 Å². The van der Waals surface area contributed by atoms with Gasteiger partial charge < -0.3 is 9.47 Å². The van der Waals surface area contributed by atoms with Crippen molar-refractivity contribution in [2.45, 2.75) is 26.4 Å². The molecule has 19 heavy (non-hydrogen) atoms. The Hall–Kier alpha value is -1.24. The molecule has 0 aliphatic rings. The van der Waals surface area contributed by atoms with E-state index in [0.29, 0.717) is 0 Å². The van der Waals surface area contributed by atoms with Crippen LogP contribution in [0.5, 0.6) is 0 Å². The number of benzene rings is 1. The van der Waals surface area contributed by atoms with Gasteiger partial charge in [0.2, 0.25) is 0 Å². The Morgan fingerprint density at radius 3 is 2.11 bits per heavy atom. The fraction of sp³-hybridized carbons (Fsp3) is 0.357. The van der Waals surface area contributed by atoms with Crippen LogP contribution >= 0.6 is 20.7 Å². The molecule has 0 amide bonds. The zero-order chi connectivity index (χ0) is 14.5. The number of hydrogen-bond donors (Lipinski definition) is 0. The van der Waals surface area contributed by atoms with Gasteiger partial charge >= 0.3 is 11.9 Å². The van der Waals surface area contributed by atoms with Crippen molar-refractivity contribution in [1.82, 2.24) is 0 Å². The minimum Gasteiger partial charge on any atom is -0.465 e. The molecule has 0 heterocycles. The molecule has 1 aromatic carbocycles. The van der Waals surface area contributed by atoms with Gasteiger partial charge in [-0.15, -0.1) is 0 Å². The molecule has 0 spiro atoms. The fourth-order valence-electron chi connectivity index (χ4n) is 1.16. The van der Waals surface area contributed by atoms with Crippen LogP contribution in [-0.2, 0) is 19.1 Å². The summed E-state index contributed by atoms with van der Waals surface area (Å²) in [6.07, 6.45) is 0. The van der Waals surface area contributed by atoms with Crippen molar-refractivity contribution in [3.8, 4) is 0 Å². The van der Waals surface area contributed by atoms with Crippen molar-refractivity contribution in [1.29, 1.82) is 0 Å². The quantitative estimate of drug-likeness (QED) is 0.462. The van der Waals surface area contributed by atoms with Crippen LogP contribution in [0.15, 0.2) is 30.3 Å². The first kappa shape index (κ1) is 15.8. The van der Waals surface area contributed by atoms with Gasteiger partial charge in [-0.05, 0) is 32.9 Å². The van der Waals surface area contributed by atoms with Gasteiger partial charge in [-0.25, -0.2) is 9.59 Å². The Balaban J connectivity index is 3.06. The smallest absolute Gasteiger partial charge is 0.351 e. The molecule has 1 aromatic rings. The largest absolute Gasteiger partial charge is 0.465 e. The van der Waals surface area contributed by atoms with Crippen molar-refractivity contribution in [3.63, 3.8) is 0 Å². The van der Waals surface area contributed by atoms with Crippen LogP contribution in [0.3, 0.4) is 0 Å². The summed E-state index contributed by atoms with van der Waals surface area (Å²) < 4.78 is 11.0. The van der Waals surface area contributed by atoms with E-state index in [9.17, 15) is 9.59 Å². The topological polar surface area (TPSA) is 52.6 Å². The van der Waals surface area contributed by atoms with Gasteiger partial charge in [0, 0.05) is 3.57 Å². The maximum atomic E-state index is 12.0. The minimum absolute atomic E-state index is 0.113. The predicted molar refractivity (Wildman–Crippen MR) is 82.0 cm³/mol. The SMILES string of the molecule is COC(=O)C(=Ic1ccccc1)C(=O)OC(C)(C)C. The van der Waals surface area contributed by atoms with E-state index in [4.69, 9.17) is 4.74 Å². The lowest BCUT2D eigenvalue weighted by atomic mass is 10.2. The molecule has 0 saturated carbocycles. The zero-order valence-electron chi connectivity index (χ0n) is 11.4. The normalized spacial score (nSPS) is 12.3. The molecule has 0 fully saturated rings. The van der Waals surface area contributed by atoms with Gasteiger partial charge in [0.1, 0.15) is 5.60 Å². The first-order chi connectivity index (χ1) is 8.83. The van der Waals surface area contributed by atoms with E-state index in [-0.39, 0.29) is 3.51 Å². The molecule has 0 aliphatic heterocycles. The van der Waals surface area contributed by atoms with E-state index < -0.39 is 38.3 Å². The second kappa shape index (κ2) is 6.79. The van der Waals surface area contributed by atoms with Crippen LogP contribution in [-0.4, -0.2) is 28.2 Å². The summed E-state index contributed by atoms with van der Waals surface area (Å²) in [6.45, 7) is 5.29. The molecule has 0 aliphatic carbocycles. The van der Waals surface area contributed by atoms with Crippen LogP contribution < -0.4 is 0 Å². The lowest BCUT2D eigenvalue weighted by Crippen LogP contribution is -2.32. The third-order valence-electron chi connectivity index (χ3n) is 1.88. The molecule has 0 aromatic heterocycles. The summed E-state index contributed by atoms with van der Waals surface area (Å²) in [6, 6.07) is 9.41. The standard InChI is InChI=1S/C14H17IO4/c1-14(2,3)19-13(17)11(12(16)18-4)15-10-8-6-5-7-9-10/h5-9H,1-4H3. The molecule has 0 atom stereocenters. The Morgan fingerprint density at radius 1 is 1.05 bits per heavy atom. The lowest BCUT2D eigenvalue weighted by Gasteiger charge is -2.19. The van der Waals surface area contributed by atoms with E-state index in [1.807, 2.05) is 30.3 Å². The maximum absolute atomic E-state index is 12.0. The van der Waals surface area contributed by atoms with Gasteiger partial charge in [-0.2, -0.15) is 0 Å². The van der Waals surface area contributed by atoms with E-state index >= 15 is 0 Å². The van der Waals surface area contributed by atoms with Gasteiger partial charge in [0.25, 0.3) is 0 Å². The Kier molecular flexibility index (Phi) is 5.65. The van der Waals surface area contributed by atoms with E-state index in [2.05, 4.69) is 4.74 Å². The van der Waals surface area contributed by atoms with Crippen LogP contribution in [0.25, 0.3) is 0 Å². The number of halogens is 1. The summed E-state index contributed by atoms with van der Waals surface area (Å²) in [5.41, 5.74) is -0.628. The molecule has 0 N–H and O–H groups in total. The highest BCUT2D eigenvalue weighted by molar-refractivity contribution is 14.2. The third-order valence-corrected chi connectivity index (χ3v) is 4.64. The highest BCUT2D eigenvalue weighted by Crippen LogP contribution is 2.17. The molecular formula is C14H17IO4. The first-order valence-corrected chi connectivity index (χ1v) is 7.88. The summed E-state index contributed by atoms with van der Waals surface area (Å²) in [7, 11) is 1.27. The number of carbonyl (C=O) groups is 2. The molecule has 4 nitrogen and oxygen atoms in total. The van der Waals surface area contributed by atoms with Crippen molar-refractivity contribution in [2.75, 3.05) is 7.11 Å². The fourth-order valence-corrected chi connectivity index (χ4v) is 3.33. The first-order valence-electron chi connectivity index (χ1n) is 5.72. The van der Waals surface area contributed by atoms with Gasteiger partial charge in [0.15, 0.2) is 3.51 Å². The van der Waals surface area contributed by atoms with Crippen LogP contribution in [0.4, 0.5) is 0 Å². The summed E-state index contributed by atoms with van der Waals surface area (Å²) in [4.78, 5) is 23.7. The predicted octanol–water partition coefficient (Wildman–Crippen LogP) is 2.51. The summed E-state index contributed by atoms with van der Waals surface area (Å²) >= 11 is -0.913. The zero-order valence-corrected chi connectivity index (χ0v) is 13.6.